The standard InChI is InChI=1S/C18H20N4O2/c1-22-10-9-18(19,12-22)17-20-16(21-24-17)11-23-15-8-4-6-13-5-2-3-7-14(13)15/h2-8H,9-12,19H2,1H3. The number of rotatable bonds is 4. The summed E-state index contributed by atoms with van der Waals surface area (Å²) >= 11 is 0. The number of ether oxygens (including phenoxy) is 1. The first-order chi connectivity index (χ1) is 11.6. The fourth-order valence-electron chi connectivity index (χ4n) is 3.18. The molecular formula is C18H20N4O2. The quantitative estimate of drug-likeness (QED) is 0.793. The zero-order valence-corrected chi connectivity index (χ0v) is 13.6. The number of nitrogens with zero attached hydrogens (tertiary/aromatic N) is 3. The largest absolute Gasteiger partial charge is 0.485 e. The van der Waals surface area contributed by atoms with E-state index in [1.807, 2.05) is 37.4 Å². The number of aromatic nitrogens is 2. The lowest BCUT2D eigenvalue weighted by atomic mass is 10.0. The van der Waals surface area contributed by atoms with Crippen LogP contribution in [0.1, 0.15) is 18.1 Å². The first-order valence-electron chi connectivity index (χ1n) is 8.05. The van der Waals surface area contributed by atoms with E-state index in [2.05, 4.69) is 27.2 Å². The van der Waals surface area contributed by atoms with Crippen molar-refractivity contribution in [2.75, 3.05) is 20.1 Å². The van der Waals surface area contributed by atoms with Crippen molar-refractivity contribution in [1.82, 2.24) is 15.0 Å². The van der Waals surface area contributed by atoms with Crippen LogP contribution in [-0.2, 0) is 12.1 Å². The summed E-state index contributed by atoms with van der Waals surface area (Å²) in [4.78, 5) is 6.60. The third-order valence-electron chi connectivity index (χ3n) is 4.49. The van der Waals surface area contributed by atoms with Crippen molar-refractivity contribution in [2.45, 2.75) is 18.6 Å². The van der Waals surface area contributed by atoms with Crippen molar-refractivity contribution >= 4 is 10.8 Å². The lowest BCUT2D eigenvalue weighted by Gasteiger charge is -2.18. The number of benzene rings is 2. The predicted octanol–water partition coefficient (Wildman–Crippen LogP) is 2.29. The average molecular weight is 324 g/mol. The topological polar surface area (TPSA) is 77.4 Å². The van der Waals surface area contributed by atoms with Gasteiger partial charge in [0, 0.05) is 18.5 Å². The number of likely N-dealkylation sites (tertiary alicyclic amines) is 1. The molecule has 6 nitrogen and oxygen atoms in total. The van der Waals surface area contributed by atoms with Gasteiger partial charge < -0.3 is 19.9 Å². The van der Waals surface area contributed by atoms with Crippen molar-refractivity contribution in [3.05, 3.63) is 54.2 Å². The molecule has 1 fully saturated rings. The summed E-state index contributed by atoms with van der Waals surface area (Å²) in [5, 5.41) is 6.22. The van der Waals surface area contributed by atoms with E-state index in [-0.39, 0.29) is 6.61 Å². The van der Waals surface area contributed by atoms with Crippen LogP contribution in [0.2, 0.25) is 0 Å². The molecule has 1 atom stereocenters. The molecule has 1 unspecified atom stereocenters. The highest BCUT2D eigenvalue weighted by molar-refractivity contribution is 5.88. The lowest BCUT2D eigenvalue weighted by Crippen LogP contribution is -2.39. The van der Waals surface area contributed by atoms with Gasteiger partial charge in [-0.05, 0) is 24.9 Å². The third kappa shape index (κ3) is 2.74. The van der Waals surface area contributed by atoms with Gasteiger partial charge in [0.25, 0.3) is 0 Å². The summed E-state index contributed by atoms with van der Waals surface area (Å²) in [6.07, 6.45) is 0.815. The van der Waals surface area contributed by atoms with Crippen molar-refractivity contribution in [3.63, 3.8) is 0 Å². The molecule has 3 aromatic rings. The Bertz CT molecular complexity index is 858. The van der Waals surface area contributed by atoms with Crippen molar-refractivity contribution < 1.29 is 9.26 Å². The highest BCUT2D eigenvalue weighted by Gasteiger charge is 2.39. The fraction of sp³-hybridized carbons (Fsp3) is 0.333. The van der Waals surface area contributed by atoms with Crippen LogP contribution in [0.25, 0.3) is 10.8 Å². The zero-order valence-electron chi connectivity index (χ0n) is 13.6. The third-order valence-corrected chi connectivity index (χ3v) is 4.49. The van der Waals surface area contributed by atoms with Gasteiger partial charge in [-0.25, -0.2) is 0 Å². The van der Waals surface area contributed by atoms with Gasteiger partial charge in [0.05, 0.1) is 0 Å². The summed E-state index contributed by atoms with van der Waals surface area (Å²) in [6.45, 7) is 1.91. The average Bonchev–Trinajstić information content (AvgIpc) is 3.20. The number of fused-ring (bicyclic) bond motifs is 1. The van der Waals surface area contributed by atoms with Gasteiger partial charge in [-0.15, -0.1) is 0 Å². The smallest absolute Gasteiger partial charge is 0.248 e. The van der Waals surface area contributed by atoms with Crippen LogP contribution in [0, 0.1) is 0 Å². The van der Waals surface area contributed by atoms with Crippen molar-refractivity contribution in [1.29, 1.82) is 0 Å². The predicted molar refractivity (Wildman–Crippen MR) is 90.6 cm³/mol. The Morgan fingerprint density at radius 3 is 2.92 bits per heavy atom. The van der Waals surface area contributed by atoms with Gasteiger partial charge in [0.2, 0.25) is 11.7 Å². The molecule has 1 aromatic heterocycles. The molecule has 0 spiro atoms. The second kappa shape index (κ2) is 5.89. The maximum absolute atomic E-state index is 6.39. The van der Waals surface area contributed by atoms with Gasteiger partial charge in [-0.1, -0.05) is 41.6 Å². The Morgan fingerprint density at radius 2 is 2.08 bits per heavy atom. The van der Waals surface area contributed by atoms with Gasteiger partial charge in [0.15, 0.2) is 6.61 Å². The summed E-state index contributed by atoms with van der Waals surface area (Å²) in [5.41, 5.74) is 5.83. The van der Waals surface area contributed by atoms with Gasteiger partial charge >= 0.3 is 0 Å². The summed E-state index contributed by atoms with van der Waals surface area (Å²) < 4.78 is 11.3. The van der Waals surface area contributed by atoms with Crippen LogP contribution in [0.5, 0.6) is 5.75 Å². The van der Waals surface area contributed by atoms with E-state index in [0.717, 1.165) is 36.0 Å². The Kier molecular flexibility index (Phi) is 3.70. The normalized spacial score (nSPS) is 21.4. The minimum absolute atomic E-state index is 0.253. The first-order valence-corrected chi connectivity index (χ1v) is 8.05. The van der Waals surface area contributed by atoms with Crippen molar-refractivity contribution in [3.8, 4) is 5.75 Å². The summed E-state index contributed by atoms with van der Waals surface area (Å²) in [5.74, 6) is 1.81. The molecule has 0 amide bonds. The molecule has 2 aromatic carbocycles. The second-order valence-corrected chi connectivity index (χ2v) is 6.43. The fourth-order valence-corrected chi connectivity index (χ4v) is 3.18. The Morgan fingerprint density at radius 1 is 1.25 bits per heavy atom. The van der Waals surface area contributed by atoms with Crippen LogP contribution in [-0.4, -0.2) is 35.2 Å². The minimum Gasteiger partial charge on any atom is -0.485 e. The number of hydrogen-bond acceptors (Lipinski definition) is 6. The van der Waals surface area contributed by atoms with Gasteiger partial charge in [0.1, 0.15) is 11.3 Å². The molecular weight excluding hydrogens is 304 g/mol. The molecule has 1 aliphatic rings. The number of likely N-dealkylation sites (N-methyl/N-ethyl adjacent to an activating group) is 1. The molecule has 1 saturated heterocycles. The lowest BCUT2D eigenvalue weighted by molar-refractivity contribution is 0.267. The SMILES string of the molecule is CN1CCC(N)(c2nc(COc3cccc4ccccc34)no2)C1. The minimum atomic E-state index is -0.556. The second-order valence-electron chi connectivity index (χ2n) is 6.43. The van der Waals surface area contributed by atoms with Gasteiger partial charge in [-0.3, -0.25) is 0 Å². The Balaban J connectivity index is 1.50. The number of hydrogen-bond donors (Lipinski definition) is 1. The monoisotopic (exact) mass is 324 g/mol. The zero-order chi connectivity index (χ0) is 16.6. The molecule has 6 heteroatoms. The maximum Gasteiger partial charge on any atom is 0.248 e. The molecule has 0 radical (unpaired) electrons. The molecule has 1 aliphatic heterocycles. The van der Waals surface area contributed by atoms with E-state index < -0.39 is 5.54 Å². The van der Waals surface area contributed by atoms with Crippen LogP contribution >= 0.6 is 0 Å². The number of nitrogens with two attached hydrogens (primary N) is 1. The van der Waals surface area contributed by atoms with E-state index in [0.29, 0.717) is 11.7 Å². The molecule has 0 bridgehead atoms. The van der Waals surface area contributed by atoms with Crippen LogP contribution < -0.4 is 10.5 Å². The summed E-state index contributed by atoms with van der Waals surface area (Å²) in [7, 11) is 2.04. The molecule has 24 heavy (non-hydrogen) atoms. The summed E-state index contributed by atoms with van der Waals surface area (Å²) in [6, 6.07) is 14.1. The van der Waals surface area contributed by atoms with Crippen molar-refractivity contribution in [2.24, 2.45) is 5.73 Å². The van der Waals surface area contributed by atoms with E-state index in [1.165, 1.54) is 0 Å². The molecule has 124 valence electrons. The highest BCUT2D eigenvalue weighted by atomic mass is 16.5. The molecule has 2 heterocycles. The molecule has 2 N–H and O–H groups in total. The van der Waals surface area contributed by atoms with Crippen LogP contribution in [0.15, 0.2) is 47.0 Å². The van der Waals surface area contributed by atoms with E-state index >= 15 is 0 Å². The molecule has 4 rings (SSSR count). The van der Waals surface area contributed by atoms with Crippen LogP contribution in [0.4, 0.5) is 0 Å². The first kappa shape index (κ1) is 15.1. The van der Waals surface area contributed by atoms with E-state index in [1.54, 1.807) is 0 Å². The Labute approximate surface area is 140 Å². The van der Waals surface area contributed by atoms with E-state index in [9.17, 15) is 0 Å². The molecule has 0 aliphatic carbocycles. The maximum atomic E-state index is 6.39. The molecule has 0 saturated carbocycles. The Hall–Kier alpha value is -2.44. The van der Waals surface area contributed by atoms with Crippen LogP contribution in [0.3, 0.4) is 0 Å². The highest BCUT2D eigenvalue weighted by Crippen LogP contribution is 2.28. The van der Waals surface area contributed by atoms with E-state index in [4.69, 9.17) is 15.0 Å². The van der Waals surface area contributed by atoms with Gasteiger partial charge in [-0.2, -0.15) is 4.98 Å².